The van der Waals surface area contributed by atoms with Crippen molar-refractivity contribution in [1.29, 1.82) is 0 Å². The van der Waals surface area contributed by atoms with Gasteiger partial charge in [0.25, 0.3) is 0 Å². The number of aryl methyl sites for hydroxylation is 1. The second-order valence-corrected chi connectivity index (χ2v) is 5.09. The van der Waals surface area contributed by atoms with Crippen molar-refractivity contribution in [2.45, 2.75) is 31.7 Å². The standard InChI is InChI=1S/C16H26N2O2/c1-18(16(19)15(17)11-13-20-2)12-7-6-10-14-8-4-3-5-9-14/h3-5,8-9,15H,6-7,10-13,17H2,1-2H3. The second-order valence-electron chi connectivity index (χ2n) is 5.09. The van der Waals surface area contributed by atoms with Gasteiger partial charge in [-0.05, 0) is 31.2 Å². The molecule has 1 aromatic carbocycles. The topological polar surface area (TPSA) is 55.6 Å². The molecule has 0 aliphatic carbocycles. The molecule has 0 aromatic heterocycles. The van der Waals surface area contributed by atoms with Crippen molar-refractivity contribution in [1.82, 2.24) is 4.90 Å². The normalized spacial score (nSPS) is 12.2. The maximum Gasteiger partial charge on any atom is 0.239 e. The van der Waals surface area contributed by atoms with Gasteiger partial charge in [0.05, 0.1) is 6.04 Å². The van der Waals surface area contributed by atoms with Gasteiger partial charge in [-0.3, -0.25) is 4.79 Å². The molecule has 1 unspecified atom stereocenters. The zero-order valence-corrected chi connectivity index (χ0v) is 12.5. The zero-order chi connectivity index (χ0) is 14.8. The van der Waals surface area contributed by atoms with Crippen LogP contribution in [0.2, 0.25) is 0 Å². The Kier molecular flexibility index (Phi) is 7.92. The number of ether oxygens (including phenoxy) is 1. The molecule has 0 bridgehead atoms. The molecule has 0 heterocycles. The Morgan fingerprint density at radius 3 is 2.65 bits per heavy atom. The van der Waals surface area contributed by atoms with Crippen molar-refractivity contribution in [3.05, 3.63) is 35.9 Å². The molecule has 0 spiro atoms. The van der Waals surface area contributed by atoms with Crippen LogP contribution in [0.15, 0.2) is 30.3 Å². The number of likely N-dealkylation sites (N-methyl/N-ethyl adjacent to an activating group) is 1. The number of nitrogens with two attached hydrogens (primary N) is 1. The minimum Gasteiger partial charge on any atom is -0.385 e. The highest BCUT2D eigenvalue weighted by molar-refractivity contribution is 5.81. The summed E-state index contributed by atoms with van der Waals surface area (Å²) < 4.78 is 4.94. The number of hydrogen-bond acceptors (Lipinski definition) is 3. The SMILES string of the molecule is COCCC(N)C(=O)N(C)CCCCc1ccccc1. The molecule has 0 aliphatic heterocycles. The van der Waals surface area contributed by atoms with Crippen LogP contribution >= 0.6 is 0 Å². The number of carbonyl (C=O) groups excluding carboxylic acids is 1. The molecule has 0 saturated heterocycles. The first kappa shape index (κ1) is 16.7. The minimum absolute atomic E-state index is 0.00163. The number of carbonyl (C=O) groups is 1. The minimum atomic E-state index is -0.450. The third-order valence-electron chi connectivity index (χ3n) is 3.38. The third kappa shape index (κ3) is 6.17. The number of unbranched alkanes of at least 4 members (excludes halogenated alkanes) is 1. The van der Waals surface area contributed by atoms with Crippen LogP contribution in [0.25, 0.3) is 0 Å². The maximum absolute atomic E-state index is 12.0. The lowest BCUT2D eigenvalue weighted by molar-refractivity contribution is -0.131. The van der Waals surface area contributed by atoms with Gasteiger partial charge >= 0.3 is 0 Å². The fourth-order valence-electron chi connectivity index (χ4n) is 2.08. The van der Waals surface area contributed by atoms with Gasteiger partial charge in [0.2, 0.25) is 5.91 Å². The molecule has 0 saturated carbocycles. The highest BCUT2D eigenvalue weighted by Crippen LogP contribution is 2.05. The van der Waals surface area contributed by atoms with E-state index in [0.717, 1.165) is 25.8 Å². The molecule has 2 N–H and O–H groups in total. The molecule has 1 rings (SSSR count). The summed E-state index contributed by atoms with van der Waals surface area (Å²) in [4.78, 5) is 13.7. The van der Waals surface area contributed by atoms with E-state index in [0.29, 0.717) is 13.0 Å². The zero-order valence-electron chi connectivity index (χ0n) is 12.5. The number of methoxy groups -OCH3 is 1. The maximum atomic E-state index is 12.0. The molecule has 1 aromatic rings. The van der Waals surface area contributed by atoms with Crippen molar-refractivity contribution in [2.75, 3.05) is 27.3 Å². The molecule has 1 atom stereocenters. The van der Waals surface area contributed by atoms with Gasteiger partial charge in [-0.15, -0.1) is 0 Å². The molecule has 0 aliphatic rings. The van der Waals surface area contributed by atoms with Crippen LogP contribution in [0.1, 0.15) is 24.8 Å². The smallest absolute Gasteiger partial charge is 0.239 e. The van der Waals surface area contributed by atoms with Crippen LogP contribution < -0.4 is 5.73 Å². The average molecular weight is 278 g/mol. The van der Waals surface area contributed by atoms with Crippen molar-refractivity contribution in [3.8, 4) is 0 Å². The third-order valence-corrected chi connectivity index (χ3v) is 3.38. The Morgan fingerprint density at radius 2 is 2.00 bits per heavy atom. The largest absolute Gasteiger partial charge is 0.385 e. The van der Waals surface area contributed by atoms with Crippen molar-refractivity contribution < 1.29 is 9.53 Å². The molecule has 0 fully saturated rings. The number of amides is 1. The number of nitrogens with zero attached hydrogens (tertiary/aromatic N) is 1. The fraction of sp³-hybridized carbons (Fsp3) is 0.562. The molecule has 4 heteroatoms. The Morgan fingerprint density at radius 1 is 1.30 bits per heavy atom. The number of hydrogen-bond donors (Lipinski definition) is 1. The first-order chi connectivity index (χ1) is 9.65. The van der Waals surface area contributed by atoms with E-state index in [1.807, 2.05) is 13.1 Å². The van der Waals surface area contributed by atoms with Gasteiger partial charge in [0.1, 0.15) is 0 Å². The molecular weight excluding hydrogens is 252 g/mol. The van der Waals surface area contributed by atoms with Gasteiger partial charge in [0.15, 0.2) is 0 Å². The van der Waals surface area contributed by atoms with E-state index >= 15 is 0 Å². The molecule has 20 heavy (non-hydrogen) atoms. The van der Waals surface area contributed by atoms with Gasteiger partial charge in [0, 0.05) is 27.3 Å². The summed E-state index contributed by atoms with van der Waals surface area (Å²) >= 11 is 0. The van der Waals surface area contributed by atoms with Crippen molar-refractivity contribution >= 4 is 5.91 Å². The highest BCUT2D eigenvalue weighted by atomic mass is 16.5. The summed E-state index contributed by atoms with van der Waals surface area (Å²) in [7, 11) is 3.43. The lowest BCUT2D eigenvalue weighted by Gasteiger charge is -2.21. The first-order valence-electron chi connectivity index (χ1n) is 7.18. The summed E-state index contributed by atoms with van der Waals surface area (Å²) in [5.74, 6) is 0.00163. The molecule has 4 nitrogen and oxygen atoms in total. The molecular formula is C16H26N2O2. The summed E-state index contributed by atoms with van der Waals surface area (Å²) in [5.41, 5.74) is 7.17. The predicted octanol–water partition coefficient (Wildman–Crippen LogP) is 1.83. The number of benzene rings is 1. The first-order valence-corrected chi connectivity index (χ1v) is 7.18. The monoisotopic (exact) mass is 278 g/mol. The summed E-state index contributed by atoms with van der Waals surface area (Å²) in [5, 5.41) is 0. The summed E-state index contributed by atoms with van der Waals surface area (Å²) in [6.07, 6.45) is 3.70. The lowest BCUT2D eigenvalue weighted by Crippen LogP contribution is -2.42. The van der Waals surface area contributed by atoms with Crippen LogP contribution in [0.3, 0.4) is 0 Å². The highest BCUT2D eigenvalue weighted by Gasteiger charge is 2.16. The van der Waals surface area contributed by atoms with Crippen molar-refractivity contribution in [2.24, 2.45) is 5.73 Å². The van der Waals surface area contributed by atoms with E-state index in [9.17, 15) is 4.79 Å². The number of rotatable bonds is 9. The molecule has 1 amide bonds. The van der Waals surface area contributed by atoms with Crippen LogP contribution in [-0.4, -0.2) is 44.2 Å². The predicted molar refractivity (Wildman–Crippen MR) is 81.5 cm³/mol. The summed E-state index contributed by atoms with van der Waals surface area (Å²) in [6.45, 7) is 1.28. The quantitative estimate of drug-likeness (QED) is 0.701. The Hall–Kier alpha value is -1.39. The average Bonchev–Trinajstić information content (AvgIpc) is 2.49. The molecule has 0 radical (unpaired) electrons. The van der Waals surface area contributed by atoms with Crippen LogP contribution in [0.5, 0.6) is 0 Å². The Balaban J connectivity index is 2.19. The van der Waals surface area contributed by atoms with Crippen molar-refractivity contribution in [3.63, 3.8) is 0 Å². The Labute approximate surface area is 121 Å². The summed E-state index contributed by atoms with van der Waals surface area (Å²) in [6, 6.07) is 9.95. The van der Waals surface area contributed by atoms with E-state index in [4.69, 9.17) is 10.5 Å². The van der Waals surface area contributed by atoms with Gasteiger partial charge < -0.3 is 15.4 Å². The van der Waals surface area contributed by atoms with E-state index in [1.165, 1.54) is 5.56 Å². The molecule has 112 valence electrons. The second kappa shape index (κ2) is 9.50. The van der Waals surface area contributed by atoms with E-state index < -0.39 is 6.04 Å². The van der Waals surface area contributed by atoms with E-state index in [-0.39, 0.29) is 5.91 Å². The Bertz CT molecular complexity index is 381. The fourth-order valence-corrected chi connectivity index (χ4v) is 2.08. The van der Waals surface area contributed by atoms with E-state index in [1.54, 1.807) is 12.0 Å². The van der Waals surface area contributed by atoms with Crippen LogP contribution in [0.4, 0.5) is 0 Å². The van der Waals surface area contributed by atoms with Crippen LogP contribution in [0, 0.1) is 0 Å². The van der Waals surface area contributed by atoms with Gasteiger partial charge in [-0.25, -0.2) is 0 Å². The lowest BCUT2D eigenvalue weighted by atomic mass is 10.1. The van der Waals surface area contributed by atoms with Gasteiger partial charge in [-0.2, -0.15) is 0 Å². The van der Waals surface area contributed by atoms with Crippen LogP contribution in [-0.2, 0) is 16.0 Å². The van der Waals surface area contributed by atoms with Gasteiger partial charge in [-0.1, -0.05) is 30.3 Å². The van der Waals surface area contributed by atoms with E-state index in [2.05, 4.69) is 24.3 Å².